The number of esters is 1. The highest BCUT2D eigenvalue weighted by Gasteiger charge is 2.14. The Labute approximate surface area is 131 Å². The third-order valence-corrected chi connectivity index (χ3v) is 3.12. The molecule has 2 heterocycles. The highest BCUT2D eigenvalue weighted by Crippen LogP contribution is 2.17. The second-order valence-corrected chi connectivity index (χ2v) is 4.80. The number of hydrogen-bond acceptors (Lipinski definition) is 6. The zero-order valence-corrected chi connectivity index (χ0v) is 12.3. The van der Waals surface area contributed by atoms with E-state index in [2.05, 4.69) is 15.2 Å². The lowest BCUT2D eigenvalue weighted by atomic mass is 10.2. The van der Waals surface area contributed by atoms with Gasteiger partial charge in [0, 0.05) is 17.3 Å². The van der Waals surface area contributed by atoms with E-state index in [4.69, 9.17) is 9.15 Å². The Morgan fingerprint density at radius 1 is 1.22 bits per heavy atom. The quantitative estimate of drug-likeness (QED) is 0.574. The van der Waals surface area contributed by atoms with Crippen molar-refractivity contribution in [3.63, 3.8) is 0 Å². The fraction of sp³-hybridized carbons (Fsp3) is 0.125. The minimum absolute atomic E-state index is 0.135. The topological polar surface area (TPSA) is 98.1 Å². The van der Waals surface area contributed by atoms with Crippen LogP contribution >= 0.6 is 0 Å². The van der Waals surface area contributed by atoms with E-state index in [-0.39, 0.29) is 24.0 Å². The third-order valence-electron chi connectivity index (χ3n) is 3.12. The van der Waals surface area contributed by atoms with Crippen LogP contribution in [0.25, 0.3) is 11.5 Å². The lowest BCUT2D eigenvalue weighted by molar-refractivity contribution is 0.0432. The van der Waals surface area contributed by atoms with Gasteiger partial charge in [0.05, 0.1) is 0 Å². The van der Waals surface area contributed by atoms with Gasteiger partial charge in [0.25, 0.3) is 5.89 Å². The molecule has 0 unspecified atom stereocenters. The maximum absolute atomic E-state index is 11.9. The molecule has 23 heavy (non-hydrogen) atoms. The van der Waals surface area contributed by atoms with Gasteiger partial charge in [-0.2, -0.15) is 0 Å². The van der Waals surface area contributed by atoms with Gasteiger partial charge >= 0.3 is 5.97 Å². The van der Waals surface area contributed by atoms with Crippen LogP contribution in [0.3, 0.4) is 0 Å². The smallest absolute Gasteiger partial charge is 0.355 e. The minimum Gasteiger partial charge on any atom is -0.451 e. The largest absolute Gasteiger partial charge is 0.451 e. The summed E-state index contributed by atoms with van der Waals surface area (Å²) in [7, 11) is 0. The maximum Gasteiger partial charge on any atom is 0.355 e. The van der Waals surface area contributed by atoms with E-state index in [0.717, 1.165) is 5.56 Å². The summed E-state index contributed by atoms with van der Waals surface area (Å²) in [6.45, 7) is 1.27. The number of nitrogens with zero attached hydrogens (tertiary/aromatic N) is 2. The number of Topliss-reactive ketones (excluding diaryl/α,β-unsaturated/α-hetero) is 1. The standard InChI is InChI=1S/C16H13N3O4/c1-10(20)12-7-13(17-8-12)16(21)22-9-14-18-19-15(23-14)11-5-3-2-4-6-11/h2-8,17H,9H2,1H3. The first-order valence-electron chi connectivity index (χ1n) is 6.88. The number of aromatic nitrogens is 3. The van der Waals surface area contributed by atoms with Crippen LogP contribution in [0.4, 0.5) is 0 Å². The summed E-state index contributed by atoms with van der Waals surface area (Å²) in [5.74, 6) is -0.187. The van der Waals surface area contributed by atoms with Crippen LogP contribution in [0.15, 0.2) is 47.0 Å². The highest BCUT2D eigenvalue weighted by atomic mass is 16.5. The number of ketones is 1. The number of ether oxygens (including phenoxy) is 1. The molecule has 0 aliphatic carbocycles. The van der Waals surface area contributed by atoms with Gasteiger partial charge in [-0.15, -0.1) is 10.2 Å². The van der Waals surface area contributed by atoms with Gasteiger partial charge in [-0.1, -0.05) is 18.2 Å². The summed E-state index contributed by atoms with van der Waals surface area (Å²) >= 11 is 0. The molecule has 0 aliphatic heterocycles. The SMILES string of the molecule is CC(=O)c1c[nH]c(C(=O)OCc2nnc(-c3ccccc3)o2)c1. The van der Waals surface area contributed by atoms with E-state index in [9.17, 15) is 9.59 Å². The van der Waals surface area contributed by atoms with Gasteiger partial charge < -0.3 is 14.1 Å². The molecule has 0 bridgehead atoms. The van der Waals surface area contributed by atoms with E-state index in [1.165, 1.54) is 19.2 Å². The zero-order valence-electron chi connectivity index (χ0n) is 12.3. The number of hydrogen-bond donors (Lipinski definition) is 1. The Morgan fingerprint density at radius 3 is 2.70 bits per heavy atom. The molecule has 116 valence electrons. The van der Waals surface area contributed by atoms with Crippen molar-refractivity contribution in [2.24, 2.45) is 0 Å². The Morgan fingerprint density at radius 2 is 2.00 bits per heavy atom. The normalized spacial score (nSPS) is 10.5. The van der Waals surface area contributed by atoms with Crippen LogP contribution in [0, 0.1) is 0 Å². The van der Waals surface area contributed by atoms with Crippen molar-refractivity contribution in [2.45, 2.75) is 13.5 Å². The molecular formula is C16H13N3O4. The van der Waals surface area contributed by atoms with Crippen LogP contribution in [0.2, 0.25) is 0 Å². The molecule has 3 rings (SSSR count). The van der Waals surface area contributed by atoms with E-state index >= 15 is 0 Å². The first-order valence-corrected chi connectivity index (χ1v) is 6.88. The molecule has 0 fully saturated rings. The average molecular weight is 311 g/mol. The van der Waals surface area contributed by atoms with Crippen LogP contribution < -0.4 is 0 Å². The predicted molar refractivity (Wildman–Crippen MR) is 79.7 cm³/mol. The molecule has 0 amide bonds. The van der Waals surface area contributed by atoms with Gasteiger partial charge in [0.2, 0.25) is 5.89 Å². The molecule has 7 heteroatoms. The van der Waals surface area contributed by atoms with Crippen molar-refractivity contribution in [3.8, 4) is 11.5 Å². The minimum atomic E-state index is -0.600. The first kappa shape index (κ1) is 14.7. The summed E-state index contributed by atoms with van der Waals surface area (Å²) in [5.41, 5.74) is 1.40. The molecule has 3 aromatic rings. The monoisotopic (exact) mass is 311 g/mol. The Kier molecular flexibility index (Phi) is 4.01. The average Bonchev–Trinajstić information content (AvgIpc) is 3.23. The highest BCUT2D eigenvalue weighted by molar-refractivity contribution is 5.97. The van der Waals surface area contributed by atoms with Gasteiger partial charge in [0.1, 0.15) is 5.69 Å². The molecule has 0 saturated carbocycles. The summed E-state index contributed by atoms with van der Waals surface area (Å²) in [6.07, 6.45) is 1.46. The molecule has 0 saturated heterocycles. The Balaban J connectivity index is 1.63. The second-order valence-electron chi connectivity index (χ2n) is 4.80. The number of aromatic amines is 1. The molecule has 0 radical (unpaired) electrons. The molecule has 7 nitrogen and oxygen atoms in total. The summed E-state index contributed by atoms with van der Waals surface area (Å²) in [4.78, 5) is 25.8. The fourth-order valence-corrected chi connectivity index (χ4v) is 1.93. The number of carbonyl (C=O) groups excluding carboxylic acids is 2. The van der Waals surface area contributed by atoms with Crippen LogP contribution in [-0.4, -0.2) is 26.9 Å². The maximum atomic E-state index is 11.9. The molecular weight excluding hydrogens is 298 g/mol. The molecule has 2 aromatic heterocycles. The van der Waals surface area contributed by atoms with Crippen molar-refractivity contribution < 1.29 is 18.7 Å². The molecule has 0 aliphatic rings. The van der Waals surface area contributed by atoms with E-state index < -0.39 is 5.97 Å². The van der Waals surface area contributed by atoms with Crippen molar-refractivity contribution in [3.05, 3.63) is 59.7 Å². The van der Waals surface area contributed by atoms with Crippen molar-refractivity contribution >= 4 is 11.8 Å². The van der Waals surface area contributed by atoms with E-state index in [0.29, 0.717) is 11.5 Å². The number of H-pyrrole nitrogens is 1. The lowest BCUT2D eigenvalue weighted by Crippen LogP contribution is -2.05. The first-order chi connectivity index (χ1) is 11.1. The summed E-state index contributed by atoms with van der Waals surface area (Å²) < 4.78 is 10.5. The third kappa shape index (κ3) is 3.34. The van der Waals surface area contributed by atoms with Crippen LogP contribution in [0.5, 0.6) is 0 Å². The number of carbonyl (C=O) groups is 2. The molecule has 1 N–H and O–H groups in total. The van der Waals surface area contributed by atoms with Gasteiger partial charge in [-0.3, -0.25) is 4.79 Å². The van der Waals surface area contributed by atoms with Crippen LogP contribution in [-0.2, 0) is 11.3 Å². The summed E-state index contributed by atoms with van der Waals surface area (Å²) in [6, 6.07) is 10.7. The van der Waals surface area contributed by atoms with Gasteiger partial charge in [0.15, 0.2) is 12.4 Å². The Bertz CT molecular complexity index is 836. The van der Waals surface area contributed by atoms with Crippen molar-refractivity contribution in [2.75, 3.05) is 0 Å². The van der Waals surface area contributed by atoms with E-state index in [1.807, 2.05) is 30.3 Å². The number of rotatable bonds is 5. The number of nitrogens with one attached hydrogen (secondary N) is 1. The fourth-order valence-electron chi connectivity index (χ4n) is 1.93. The second kappa shape index (κ2) is 6.27. The van der Waals surface area contributed by atoms with Gasteiger partial charge in [-0.25, -0.2) is 4.79 Å². The number of benzene rings is 1. The lowest BCUT2D eigenvalue weighted by Gasteiger charge is -1.99. The molecule has 0 atom stereocenters. The van der Waals surface area contributed by atoms with Gasteiger partial charge in [-0.05, 0) is 25.1 Å². The van der Waals surface area contributed by atoms with Crippen LogP contribution in [0.1, 0.15) is 33.7 Å². The molecule has 0 spiro atoms. The van der Waals surface area contributed by atoms with Crippen molar-refractivity contribution in [1.82, 2.24) is 15.2 Å². The summed E-state index contributed by atoms with van der Waals surface area (Å²) in [5, 5.41) is 7.74. The Hall–Kier alpha value is -3.22. The zero-order chi connectivity index (χ0) is 16.2. The van der Waals surface area contributed by atoms with E-state index in [1.54, 1.807) is 0 Å². The predicted octanol–water partition coefficient (Wildman–Crippen LogP) is 2.62. The molecule has 1 aromatic carbocycles. The van der Waals surface area contributed by atoms with Crippen molar-refractivity contribution in [1.29, 1.82) is 0 Å².